The van der Waals surface area contributed by atoms with Gasteiger partial charge in [-0.3, -0.25) is 4.79 Å². The van der Waals surface area contributed by atoms with E-state index in [1.54, 1.807) is 0 Å². The molecule has 0 radical (unpaired) electrons. The molecule has 0 saturated carbocycles. The van der Waals surface area contributed by atoms with E-state index in [0.29, 0.717) is 6.42 Å². The fourth-order valence-electron chi connectivity index (χ4n) is 1.76. The lowest BCUT2D eigenvalue weighted by Crippen LogP contribution is -2.28. The predicted molar refractivity (Wildman–Crippen MR) is 59.2 cm³/mol. The highest BCUT2D eigenvalue weighted by molar-refractivity contribution is 9.10. The lowest BCUT2D eigenvalue weighted by Gasteiger charge is -2.24. The summed E-state index contributed by atoms with van der Waals surface area (Å²) in [6, 6.07) is 3.89. The Morgan fingerprint density at radius 2 is 2.33 bits per heavy atom. The minimum absolute atomic E-state index is 0.264. The van der Waals surface area contributed by atoms with Gasteiger partial charge < -0.3 is 9.84 Å². The number of rotatable bonds is 1. The number of hydrogen-bond donors (Lipinski definition) is 1. The largest absolute Gasteiger partial charge is 0.492 e. The average Bonchev–Trinajstić information content (AvgIpc) is 2.23. The van der Waals surface area contributed by atoms with Gasteiger partial charge in [0, 0.05) is 10.0 Å². The Hall–Kier alpha value is -1.03. The average molecular weight is 271 g/mol. The quantitative estimate of drug-likeness (QED) is 0.853. The maximum Gasteiger partial charge on any atom is 0.310 e. The SMILES string of the molecule is Cc1ccc(Br)c2c1OC[C@@H](C(=O)O)C2. The zero-order valence-corrected chi connectivity index (χ0v) is 9.87. The third-order valence-corrected chi connectivity index (χ3v) is 3.37. The molecule has 1 N–H and O–H groups in total. The maximum atomic E-state index is 10.9. The van der Waals surface area contributed by atoms with Crippen LogP contribution < -0.4 is 4.74 Å². The van der Waals surface area contributed by atoms with Crippen molar-refractivity contribution >= 4 is 21.9 Å². The van der Waals surface area contributed by atoms with Gasteiger partial charge in [0.1, 0.15) is 12.4 Å². The zero-order valence-electron chi connectivity index (χ0n) is 8.29. The summed E-state index contributed by atoms with van der Waals surface area (Å²) < 4.78 is 6.42. The van der Waals surface area contributed by atoms with Gasteiger partial charge in [0.05, 0.1) is 5.92 Å². The highest BCUT2D eigenvalue weighted by Gasteiger charge is 2.27. The summed E-state index contributed by atoms with van der Waals surface area (Å²) in [5.74, 6) is -0.397. The minimum atomic E-state index is -0.797. The summed E-state index contributed by atoms with van der Waals surface area (Å²) in [6.07, 6.45) is 0.535. The number of hydrogen-bond acceptors (Lipinski definition) is 2. The smallest absolute Gasteiger partial charge is 0.310 e. The van der Waals surface area contributed by atoms with Crippen molar-refractivity contribution in [1.82, 2.24) is 0 Å². The number of carbonyl (C=O) groups is 1. The van der Waals surface area contributed by atoms with Gasteiger partial charge in [-0.2, -0.15) is 0 Å². The number of ether oxygens (including phenoxy) is 1. The van der Waals surface area contributed by atoms with E-state index < -0.39 is 11.9 Å². The van der Waals surface area contributed by atoms with E-state index in [-0.39, 0.29) is 6.61 Å². The second-order valence-electron chi connectivity index (χ2n) is 3.72. The second kappa shape index (κ2) is 3.85. The number of benzene rings is 1. The first-order valence-electron chi connectivity index (χ1n) is 4.73. The molecule has 1 atom stereocenters. The molecule has 4 heteroatoms. The van der Waals surface area contributed by atoms with E-state index in [4.69, 9.17) is 9.84 Å². The van der Waals surface area contributed by atoms with Crippen LogP contribution in [0.4, 0.5) is 0 Å². The lowest BCUT2D eigenvalue weighted by molar-refractivity contribution is -0.143. The van der Waals surface area contributed by atoms with E-state index in [2.05, 4.69) is 15.9 Å². The zero-order chi connectivity index (χ0) is 11.0. The summed E-state index contributed by atoms with van der Waals surface area (Å²) in [7, 11) is 0. The molecule has 0 amide bonds. The van der Waals surface area contributed by atoms with Crippen molar-refractivity contribution < 1.29 is 14.6 Å². The number of aliphatic carboxylic acids is 1. The molecule has 80 valence electrons. The van der Waals surface area contributed by atoms with Crippen LogP contribution in [-0.2, 0) is 11.2 Å². The predicted octanol–water partition coefficient (Wildman–Crippen LogP) is 2.39. The first-order valence-corrected chi connectivity index (χ1v) is 5.52. The van der Waals surface area contributed by atoms with E-state index in [0.717, 1.165) is 21.3 Å². The second-order valence-corrected chi connectivity index (χ2v) is 4.58. The van der Waals surface area contributed by atoms with Crippen LogP contribution in [0.25, 0.3) is 0 Å². The Balaban J connectivity index is 2.41. The number of halogens is 1. The van der Waals surface area contributed by atoms with Gasteiger partial charge in [-0.25, -0.2) is 0 Å². The summed E-state index contributed by atoms with van der Waals surface area (Å²) in [6.45, 7) is 2.23. The van der Waals surface area contributed by atoms with Crippen molar-refractivity contribution in [3.63, 3.8) is 0 Å². The van der Waals surface area contributed by atoms with Crippen molar-refractivity contribution in [2.45, 2.75) is 13.3 Å². The molecule has 0 saturated heterocycles. The van der Waals surface area contributed by atoms with Crippen LogP contribution in [0.1, 0.15) is 11.1 Å². The van der Waals surface area contributed by atoms with E-state index >= 15 is 0 Å². The standard InChI is InChI=1S/C11H11BrO3/c1-6-2-3-9(12)8-4-7(11(13)14)5-15-10(6)8/h2-3,7H,4-5H2,1H3,(H,13,14)/t7-/m0/s1. The van der Waals surface area contributed by atoms with E-state index in [1.165, 1.54) is 0 Å². The van der Waals surface area contributed by atoms with Crippen molar-refractivity contribution in [3.05, 3.63) is 27.7 Å². The lowest BCUT2D eigenvalue weighted by atomic mass is 9.95. The van der Waals surface area contributed by atoms with Gasteiger partial charge in [-0.1, -0.05) is 22.0 Å². The Kier molecular flexibility index (Phi) is 2.69. The molecule has 0 bridgehead atoms. The summed E-state index contributed by atoms with van der Waals surface area (Å²) in [5, 5.41) is 8.93. The van der Waals surface area contributed by atoms with Gasteiger partial charge >= 0.3 is 5.97 Å². The Bertz CT molecular complexity index is 415. The van der Waals surface area contributed by atoms with Gasteiger partial charge in [-0.05, 0) is 25.0 Å². The summed E-state index contributed by atoms with van der Waals surface area (Å²) in [4.78, 5) is 10.9. The number of aryl methyl sites for hydroxylation is 1. The van der Waals surface area contributed by atoms with Crippen LogP contribution in [0.15, 0.2) is 16.6 Å². The summed E-state index contributed by atoms with van der Waals surface area (Å²) >= 11 is 3.42. The number of fused-ring (bicyclic) bond motifs is 1. The third-order valence-electron chi connectivity index (χ3n) is 2.63. The topological polar surface area (TPSA) is 46.5 Å². The molecule has 1 heterocycles. The molecule has 0 unspecified atom stereocenters. The Labute approximate surface area is 96.2 Å². The van der Waals surface area contributed by atoms with Crippen LogP contribution in [0.2, 0.25) is 0 Å². The molecule has 0 fully saturated rings. The first-order chi connectivity index (χ1) is 7.09. The number of carboxylic acid groups (broad SMARTS) is 1. The van der Waals surface area contributed by atoms with Gasteiger partial charge in [0.25, 0.3) is 0 Å². The van der Waals surface area contributed by atoms with E-state index in [9.17, 15) is 4.79 Å². The molecule has 15 heavy (non-hydrogen) atoms. The van der Waals surface area contributed by atoms with Gasteiger partial charge in [0.2, 0.25) is 0 Å². The molecule has 1 aliphatic rings. The molecule has 0 aromatic heterocycles. The van der Waals surface area contributed by atoms with Crippen molar-refractivity contribution in [1.29, 1.82) is 0 Å². The number of carboxylic acids is 1. The van der Waals surface area contributed by atoms with Crippen LogP contribution in [0, 0.1) is 12.8 Å². The highest BCUT2D eigenvalue weighted by Crippen LogP contribution is 2.35. The van der Waals surface area contributed by atoms with Crippen LogP contribution in [0.5, 0.6) is 5.75 Å². The first kappa shape index (κ1) is 10.5. The molecular weight excluding hydrogens is 260 g/mol. The molecule has 1 aromatic carbocycles. The maximum absolute atomic E-state index is 10.9. The molecule has 0 spiro atoms. The van der Waals surface area contributed by atoms with Gasteiger partial charge in [-0.15, -0.1) is 0 Å². The fraction of sp³-hybridized carbons (Fsp3) is 0.364. The summed E-state index contributed by atoms with van der Waals surface area (Å²) in [5.41, 5.74) is 2.02. The molecule has 3 nitrogen and oxygen atoms in total. The molecule has 1 aliphatic heterocycles. The molecule has 0 aliphatic carbocycles. The monoisotopic (exact) mass is 270 g/mol. The molecule has 1 aromatic rings. The highest BCUT2D eigenvalue weighted by atomic mass is 79.9. The normalized spacial score (nSPS) is 19.2. The van der Waals surface area contributed by atoms with E-state index in [1.807, 2.05) is 19.1 Å². The minimum Gasteiger partial charge on any atom is -0.492 e. The Morgan fingerprint density at radius 3 is 3.00 bits per heavy atom. The van der Waals surface area contributed by atoms with Crippen LogP contribution in [-0.4, -0.2) is 17.7 Å². The van der Waals surface area contributed by atoms with Crippen molar-refractivity contribution in [2.24, 2.45) is 5.92 Å². The van der Waals surface area contributed by atoms with Crippen LogP contribution in [0.3, 0.4) is 0 Å². The van der Waals surface area contributed by atoms with Crippen LogP contribution >= 0.6 is 15.9 Å². The molecular formula is C11H11BrO3. The third kappa shape index (κ3) is 1.86. The van der Waals surface area contributed by atoms with Gasteiger partial charge in [0.15, 0.2) is 0 Å². The Morgan fingerprint density at radius 1 is 1.60 bits per heavy atom. The van der Waals surface area contributed by atoms with Crippen molar-refractivity contribution in [3.8, 4) is 5.75 Å². The van der Waals surface area contributed by atoms with Crippen molar-refractivity contribution in [2.75, 3.05) is 6.61 Å². The molecule has 2 rings (SSSR count). The fourth-order valence-corrected chi connectivity index (χ4v) is 2.23.